The van der Waals surface area contributed by atoms with Gasteiger partial charge in [0.25, 0.3) is 0 Å². The normalized spacial score (nSPS) is 10.8. The van der Waals surface area contributed by atoms with Crippen molar-refractivity contribution in [1.29, 1.82) is 0 Å². The predicted molar refractivity (Wildman–Crippen MR) is 64.1 cm³/mol. The second-order valence-corrected chi connectivity index (χ2v) is 4.13. The van der Waals surface area contributed by atoms with E-state index in [1.54, 1.807) is 36.7 Å². The van der Waals surface area contributed by atoms with E-state index in [0.29, 0.717) is 11.1 Å². The molecule has 0 saturated carbocycles. The molecule has 7 heteroatoms. The molecular formula is C9H9N2NaO3S. The molecule has 0 aliphatic heterocycles. The zero-order valence-corrected chi connectivity index (χ0v) is 8.40. The monoisotopic (exact) mass is 248 g/mol. The van der Waals surface area contributed by atoms with Crippen LogP contribution < -0.4 is 4.72 Å². The molecule has 0 aliphatic carbocycles. The van der Waals surface area contributed by atoms with Crippen LogP contribution in [0.15, 0.2) is 36.7 Å². The molecule has 2 aromatic rings. The van der Waals surface area contributed by atoms with E-state index in [-0.39, 0.29) is 29.6 Å². The Balaban J connectivity index is 0.00000128. The Kier molecular flexibility index (Phi) is 4.28. The van der Waals surface area contributed by atoms with Crippen LogP contribution in [-0.4, -0.2) is 47.5 Å². The number of anilines is 1. The van der Waals surface area contributed by atoms with Crippen molar-refractivity contribution in [2.45, 2.75) is 0 Å². The fourth-order valence-corrected chi connectivity index (χ4v) is 1.81. The number of aromatic nitrogens is 1. The zero-order valence-electron chi connectivity index (χ0n) is 7.58. The molecule has 0 spiro atoms. The molecule has 0 unspecified atom stereocenters. The van der Waals surface area contributed by atoms with E-state index in [9.17, 15) is 8.42 Å². The number of fused-ring (bicyclic) bond motifs is 1. The SMILES string of the molecule is O=S(=O)(O)Nc1cccc2cnccc12.[NaH]. The van der Waals surface area contributed by atoms with Crippen LogP contribution in [-0.2, 0) is 10.3 Å². The van der Waals surface area contributed by atoms with E-state index in [1.165, 1.54) is 0 Å². The molecule has 0 atom stereocenters. The number of pyridine rings is 1. The third-order valence-electron chi connectivity index (χ3n) is 1.92. The van der Waals surface area contributed by atoms with Crippen molar-refractivity contribution in [3.63, 3.8) is 0 Å². The topological polar surface area (TPSA) is 79.3 Å². The summed E-state index contributed by atoms with van der Waals surface area (Å²) >= 11 is 0. The summed E-state index contributed by atoms with van der Waals surface area (Å²) in [5.74, 6) is 0. The van der Waals surface area contributed by atoms with Gasteiger partial charge in [-0.15, -0.1) is 0 Å². The average Bonchev–Trinajstić information content (AvgIpc) is 2.16. The second kappa shape index (κ2) is 5.11. The van der Waals surface area contributed by atoms with Crippen LogP contribution in [0.5, 0.6) is 0 Å². The van der Waals surface area contributed by atoms with Crippen LogP contribution in [0, 0.1) is 0 Å². The number of rotatable bonds is 2. The molecule has 0 fully saturated rings. The van der Waals surface area contributed by atoms with E-state index in [1.807, 2.05) is 4.72 Å². The number of nitrogens with zero attached hydrogens (tertiary/aromatic N) is 1. The van der Waals surface area contributed by atoms with Crippen LogP contribution in [0.1, 0.15) is 0 Å². The van der Waals surface area contributed by atoms with Gasteiger partial charge in [-0.3, -0.25) is 14.3 Å². The van der Waals surface area contributed by atoms with Gasteiger partial charge in [0.05, 0.1) is 5.69 Å². The van der Waals surface area contributed by atoms with Gasteiger partial charge in [-0.25, -0.2) is 0 Å². The van der Waals surface area contributed by atoms with E-state index >= 15 is 0 Å². The number of hydrogen-bond acceptors (Lipinski definition) is 3. The van der Waals surface area contributed by atoms with Crippen LogP contribution in [0.3, 0.4) is 0 Å². The minimum absolute atomic E-state index is 0. The molecule has 80 valence electrons. The first-order chi connectivity index (χ1) is 7.06. The average molecular weight is 248 g/mol. The molecule has 0 radical (unpaired) electrons. The first-order valence-corrected chi connectivity index (χ1v) is 5.58. The quantitative estimate of drug-likeness (QED) is 0.608. The van der Waals surface area contributed by atoms with Crippen molar-refractivity contribution in [3.8, 4) is 0 Å². The van der Waals surface area contributed by atoms with E-state index in [4.69, 9.17) is 4.55 Å². The molecule has 1 aromatic heterocycles. The molecule has 2 N–H and O–H groups in total. The molecule has 16 heavy (non-hydrogen) atoms. The summed E-state index contributed by atoms with van der Waals surface area (Å²) in [5.41, 5.74) is 0.331. The Bertz CT molecular complexity index is 595. The third kappa shape index (κ3) is 3.16. The molecule has 0 aliphatic rings. The Morgan fingerprint density at radius 2 is 2.00 bits per heavy atom. The third-order valence-corrected chi connectivity index (χ3v) is 2.40. The van der Waals surface area contributed by atoms with Crippen molar-refractivity contribution in [2.24, 2.45) is 0 Å². The summed E-state index contributed by atoms with van der Waals surface area (Å²) in [6, 6.07) is 6.72. The fraction of sp³-hybridized carbons (Fsp3) is 0. The Hall–Kier alpha value is -0.660. The van der Waals surface area contributed by atoms with Gasteiger partial charge in [0.2, 0.25) is 0 Å². The second-order valence-electron chi connectivity index (χ2n) is 2.98. The van der Waals surface area contributed by atoms with Crippen LogP contribution >= 0.6 is 0 Å². The van der Waals surface area contributed by atoms with Gasteiger partial charge < -0.3 is 0 Å². The van der Waals surface area contributed by atoms with E-state index < -0.39 is 10.3 Å². The number of hydrogen-bond donors (Lipinski definition) is 2. The summed E-state index contributed by atoms with van der Waals surface area (Å²) < 4.78 is 32.0. The maximum atomic E-state index is 10.7. The maximum absolute atomic E-state index is 10.7. The van der Waals surface area contributed by atoms with Crippen LogP contribution in [0.4, 0.5) is 5.69 Å². The summed E-state index contributed by atoms with van der Waals surface area (Å²) in [7, 11) is -4.24. The molecule has 1 heterocycles. The standard InChI is InChI=1S/C9H8N2O3S.Na.H/c12-15(13,14)11-9-3-1-2-7-6-10-5-4-8(7)9;;/h1-6,11H,(H,12,13,14);;. The molecular weight excluding hydrogens is 239 g/mol. The number of benzene rings is 1. The fourth-order valence-electron chi connectivity index (χ4n) is 1.35. The van der Waals surface area contributed by atoms with Gasteiger partial charge >= 0.3 is 39.9 Å². The molecule has 0 amide bonds. The summed E-state index contributed by atoms with van der Waals surface area (Å²) in [4.78, 5) is 3.91. The van der Waals surface area contributed by atoms with Gasteiger partial charge in [0.1, 0.15) is 0 Å². The summed E-state index contributed by atoms with van der Waals surface area (Å²) in [5, 5.41) is 1.48. The zero-order chi connectivity index (χ0) is 10.9. The van der Waals surface area contributed by atoms with Crippen LogP contribution in [0.25, 0.3) is 10.8 Å². The first kappa shape index (κ1) is 13.4. The molecule has 0 saturated heterocycles. The Labute approximate surface area is 115 Å². The Morgan fingerprint density at radius 1 is 1.25 bits per heavy atom. The molecule has 1 aromatic carbocycles. The van der Waals surface area contributed by atoms with Gasteiger partial charge in [0.15, 0.2) is 0 Å². The van der Waals surface area contributed by atoms with Crippen LogP contribution in [0.2, 0.25) is 0 Å². The van der Waals surface area contributed by atoms with Crippen molar-refractivity contribution in [2.75, 3.05) is 4.72 Å². The molecule has 2 rings (SSSR count). The van der Waals surface area contributed by atoms with Crippen molar-refractivity contribution < 1.29 is 13.0 Å². The Morgan fingerprint density at radius 3 is 2.69 bits per heavy atom. The van der Waals surface area contributed by atoms with Gasteiger partial charge in [-0.05, 0) is 12.1 Å². The number of nitrogens with one attached hydrogen (secondary N) is 1. The van der Waals surface area contributed by atoms with Gasteiger partial charge in [-0.1, -0.05) is 12.1 Å². The minimum atomic E-state index is -4.24. The predicted octanol–water partition coefficient (Wildman–Crippen LogP) is 0.801. The summed E-state index contributed by atoms with van der Waals surface area (Å²) in [6.45, 7) is 0. The molecule has 0 bridgehead atoms. The van der Waals surface area contributed by atoms with Crippen molar-refractivity contribution in [1.82, 2.24) is 4.98 Å². The van der Waals surface area contributed by atoms with E-state index in [0.717, 1.165) is 5.39 Å². The van der Waals surface area contributed by atoms with Gasteiger partial charge in [0, 0.05) is 23.2 Å². The summed E-state index contributed by atoms with van der Waals surface area (Å²) in [6.07, 6.45) is 3.17. The first-order valence-electron chi connectivity index (χ1n) is 4.14. The van der Waals surface area contributed by atoms with Crippen molar-refractivity contribution in [3.05, 3.63) is 36.7 Å². The van der Waals surface area contributed by atoms with Crippen molar-refractivity contribution >= 4 is 56.3 Å². The molecule has 5 nitrogen and oxygen atoms in total. The van der Waals surface area contributed by atoms with E-state index in [2.05, 4.69) is 4.98 Å². The van der Waals surface area contributed by atoms with Gasteiger partial charge in [-0.2, -0.15) is 8.42 Å².